The number of ether oxygens (including phenoxy) is 2. The van der Waals surface area contributed by atoms with E-state index >= 15 is 0 Å². The molecule has 0 aromatic heterocycles. The number of urea groups is 1. The minimum absolute atomic E-state index is 0.0130. The van der Waals surface area contributed by atoms with Crippen molar-refractivity contribution in [1.29, 1.82) is 0 Å². The molecular formula is C13H24N2O3. The molecule has 0 radical (unpaired) electrons. The molecule has 2 fully saturated rings. The molecule has 1 heterocycles. The van der Waals surface area contributed by atoms with Gasteiger partial charge in [-0.1, -0.05) is 6.92 Å². The summed E-state index contributed by atoms with van der Waals surface area (Å²) in [6.07, 6.45) is 4.27. The SMILES string of the molecule is CCNC(=O)NCC1COC2(CCC(C)CC2)O1. The Morgan fingerprint density at radius 1 is 1.33 bits per heavy atom. The minimum atomic E-state index is -0.361. The molecule has 1 unspecified atom stereocenters. The molecule has 1 aliphatic carbocycles. The summed E-state index contributed by atoms with van der Waals surface area (Å²) >= 11 is 0. The average molecular weight is 256 g/mol. The third-order valence-electron chi connectivity index (χ3n) is 3.78. The van der Waals surface area contributed by atoms with Gasteiger partial charge in [0.05, 0.1) is 6.61 Å². The molecule has 0 aromatic rings. The topological polar surface area (TPSA) is 59.6 Å². The van der Waals surface area contributed by atoms with Crippen LogP contribution in [-0.4, -0.2) is 37.6 Å². The average Bonchev–Trinajstić information content (AvgIpc) is 2.75. The monoisotopic (exact) mass is 256 g/mol. The van der Waals surface area contributed by atoms with Crippen molar-refractivity contribution < 1.29 is 14.3 Å². The molecule has 1 saturated carbocycles. The van der Waals surface area contributed by atoms with E-state index in [1.807, 2.05) is 6.92 Å². The summed E-state index contributed by atoms with van der Waals surface area (Å²) < 4.78 is 11.8. The van der Waals surface area contributed by atoms with Crippen molar-refractivity contribution in [1.82, 2.24) is 10.6 Å². The summed E-state index contributed by atoms with van der Waals surface area (Å²) in [5.41, 5.74) is 0. The van der Waals surface area contributed by atoms with E-state index in [4.69, 9.17) is 9.47 Å². The van der Waals surface area contributed by atoms with Crippen LogP contribution in [0, 0.1) is 5.92 Å². The zero-order valence-electron chi connectivity index (χ0n) is 11.3. The molecule has 104 valence electrons. The third-order valence-corrected chi connectivity index (χ3v) is 3.78. The van der Waals surface area contributed by atoms with Crippen LogP contribution in [0.4, 0.5) is 4.79 Å². The van der Waals surface area contributed by atoms with Crippen LogP contribution in [0.15, 0.2) is 0 Å². The maximum atomic E-state index is 11.3. The lowest BCUT2D eigenvalue weighted by Gasteiger charge is -2.34. The number of carbonyl (C=O) groups excluding carboxylic acids is 1. The standard InChI is InChI=1S/C13H24N2O3/c1-3-14-12(16)15-8-11-9-17-13(18-11)6-4-10(2)5-7-13/h10-11H,3-9H2,1-2H3,(H2,14,15,16). The van der Waals surface area contributed by atoms with Crippen molar-refractivity contribution in [2.75, 3.05) is 19.7 Å². The first kappa shape index (κ1) is 13.6. The molecule has 5 nitrogen and oxygen atoms in total. The maximum Gasteiger partial charge on any atom is 0.314 e. The number of carbonyl (C=O) groups is 1. The van der Waals surface area contributed by atoms with E-state index < -0.39 is 0 Å². The fraction of sp³-hybridized carbons (Fsp3) is 0.923. The Hall–Kier alpha value is -0.810. The third kappa shape index (κ3) is 3.36. The Labute approximate surface area is 109 Å². The first-order valence-electron chi connectivity index (χ1n) is 6.97. The molecule has 2 N–H and O–H groups in total. The highest BCUT2D eigenvalue weighted by atomic mass is 16.7. The van der Waals surface area contributed by atoms with Gasteiger partial charge in [0.15, 0.2) is 5.79 Å². The van der Waals surface area contributed by atoms with Crippen LogP contribution in [-0.2, 0) is 9.47 Å². The molecule has 2 aliphatic rings. The number of amides is 2. The van der Waals surface area contributed by atoms with Gasteiger partial charge in [0.1, 0.15) is 6.10 Å². The fourth-order valence-corrected chi connectivity index (χ4v) is 2.61. The van der Waals surface area contributed by atoms with Gasteiger partial charge < -0.3 is 20.1 Å². The van der Waals surface area contributed by atoms with Gasteiger partial charge in [0.25, 0.3) is 0 Å². The molecular weight excluding hydrogens is 232 g/mol. The molecule has 1 saturated heterocycles. The van der Waals surface area contributed by atoms with Crippen molar-refractivity contribution in [3.63, 3.8) is 0 Å². The minimum Gasteiger partial charge on any atom is -0.347 e. The largest absolute Gasteiger partial charge is 0.347 e. The Bertz CT molecular complexity index is 288. The molecule has 0 bridgehead atoms. The zero-order chi connectivity index (χ0) is 13.0. The van der Waals surface area contributed by atoms with Crippen molar-refractivity contribution in [3.8, 4) is 0 Å². The Morgan fingerprint density at radius 2 is 2.06 bits per heavy atom. The first-order valence-corrected chi connectivity index (χ1v) is 6.97. The van der Waals surface area contributed by atoms with Crippen LogP contribution in [0.3, 0.4) is 0 Å². The second kappa shape index (κ2) is 5.89. The summed E-state index contributed by atoms with van der Waals surface area (Å²) in [5, 5.41) is 5.50. The molecule has 1 atom stereocenters. The van der Waals surface area contributed by atoms with Gasteiger partial charge in [-0.25, -0.2) is 4.79 Å². The van der Waals surface area contributed by atoms with Gasteiger partial charge in [0, 0.05) is 25.9 Å². The van der Waals surface area contributed by atoms with Gasteiger partial charge in [0.2, 0.25) is 0 Å². The second-order valence-corrected chi connectivity index (χ2v) is 5.38. The molecule has 0 aromatic carbocycles. The lowest BCUT2D eigenvalue weighted by molar-refractivity contribution is -0.191. The summed E-state index contributed by atoms with van der Waals surface area (Å²) in [4.78, 5) is 11.3. The molecule has 18 heavy (non-hydrogen) atoms. The molecule has 5 heteroatoms. The predicted octanol–water partition coefficient (Wildman–Crippen LogP) is 1.63. The van der Waals surface area contributed by atoms with Crippen LogP contribution in [0.25, 0.3) is 0 Å². The smallest absolute Gasteiger partial charge is 0.314 e. The van der Waals surface area contributed by atoms with E-state index in [0.29, 0.717) is 19.7 Å². The number of hydrogen-bond acceptors (Lipinski definition) is 3. The van der Waals surface area contributed by atoms with Gasteiger partial charge in [-0.2, -0.15) is 0 Å². The maximum absolute atomic E-state index is 11.3. The summed E-state index contributed by atoms with van der Waals surface area (Å²) in [6, 6.07) is -0.140. The summed E-state index contributed by atoms with van der Waals surface area (Å²) in [7, 11) is 0. The van der Waals surface area contributed by atoms with Gasteiger partial charge in [-0.3, -0.25) is 0 Å². The highest BCUT2D eigenvalue weighted by molar-refractivity contribution is 5.73. The quantitative estimate of drug-likeness (QED) is 0.807. The van der Waals surface area contributed by atoms with Crippen LogP contribution in [0.1, 0.15) is 39.5 Å². The Morgan fingerprint density at radius 3 is 2.72 bits per heavy atom. The highest BCUT2D eigenvalue weighted by Crippen LogP contribution is 2.39. The molecule has 1 aliphatic heterocycles. The van der Waals surface area contributed by atoms with Crippen molar-refractivity contribution in [3.05, 3.63) is 0 Å². The van der Waals surface area contributed by atoms with E-state index in [1.165, 1.54) is 0 Å². The zero-order valence-corrected chi connectivity index (χ0v) is 11.3. The Kier molecular flexibility index (Phi) is 4.45. The van der Waals surface area contributed by atoms with Crippen molar-refractivity contribution in [2.45, 2.75) is 51.4 Å². The number of nitrogens with one attached hydrogen (secondary N) is 2. The Balaban J connectivity index is 1.73. The van der Waals surface area contributed by atoms with Gasteiger partial charge in [-0.15, -0.1) is 0 Å². The van der Waals surface area contributed by atoms with E-state index in [2.05, 4.69) is 17.6 Å². The van der Waals surface area contributed by atoms with E-state index in [-0.39, 0.29) is 17.9 Å². The number of hydrogen-bond donors (Lipinski definition) is 2. The number of rotatable bonds is 3. The summed E-state index contributed by atoms with van der Waals surface area (Å²) in [5.74, 6) is 0.412. The van der Waals surface area contributed by atoms with Gasteiger partial charge >= 0.3 is 6.03 Å². The highest BCUT2D eigenvalue weighted by Gasteiger charge is 2.43. The lowest BCUT2D eigenvalue weighted by Crippen LogP contribution is -2.41. The van der Waals surface area contributed by atoms with Crippen LogP contribution in [0.2, 0.25) is 0 Å². The van der Waals surface area contributed by atoms with Crippen molar-refractivity contribution >= 4 is 6.03 Å². The molecule has 1 spiro atoms. The second-order valence-electron chi connectivity index (χ2n) is 5.38. The normalized spacial score (nSPS) is 35.7. The molecule has 2 amide bonds. The predicted molar refractivity (Wildman–Crippen MR) is 68.3 cm³/mol. The first-order chi connectivity index (χ1) is 8.63. The van der Waals surface area contributed by atoms with Crippen LogP contribution >= 0.6 is 0 Å². The van der Waals surface area contributed by atoms with Crippen LogP contribution < -0.4 is 10.6 Å². The fourth-order valence-electron chi connectivity index (χ4n) is 2.61. The lowest BCUT2D eigenvalue weighted by atomic mass is 9.86. The van der Waals surface area contributed by atoms with E-state index in [0.717, 1.165) is 31.6 Å². The molecule has 2 rings (SSSR count). The van der Waals surface area contributed by atoms with E-state index in [1.54, 1.807) is 0 Å². The van der Waals surface area contributed by atoms with Crippen LogP contribution in [0.5, 0.6) is 0 Å². The van der Waals surface area contributed by atoms with E-state index in [9.17, 15) is 4.79 Å². The van der Waals surface area contributed by atoms with Gasteiger partial charge in [-0.05, 0) is 25.7 Å². The summed E-state index contributed by atoms with van der Waals surface area (Å²) in [6.45, 7) is 5.91. The van der Waals surface area contributed by atoms with Crippen molar-refractivity contribution in [2.24, 2.45) is 5.92 Å².